The summed E-state index contributed by atoms with van der Waals surface area (Å²) in [6.07, 6.45) is 8.13. The Morgan fingerprint density at radius 3 is 2.43 bits per heavy atom. The van der Waals surface area contributed by atoms with Crippen LogP contribution in [0.3, 0.4) is 0 Å². The zero-order chi connectivity index (χ0) is 29.1. The number of nitrogens with one attached hydrogen (secondary N) is 2. The van der Waals surface area contributed by atoms with Crippen LogP contribution in [0.15, 0.2) is 53.4 Å². The van der Waals surface area contributed by atoms with Crippen LogP contribution in [0.2, 0.25) is 0 Å². The summed E-state index contributed by atoms with van der Waals surface area (Å²) in [5.41, 5.74) is 4.41. The Bertz CT molecular complexity index is 1620. The highest BCUT2D eigenvalue weighted by atomic mass is 32.2. The first-order valence-electron chi connectivity index (χ1n) is 15.0. The van der Waals surface area contributed by atoms with Gasteiger partial charge in [-0.25, -0.2) is 18.1 Å². The predicted molar refractivity (Wildman–Crippen MR) is 160 cm³/mol. The van der Waals surface area contributed by atoms with Gasteiger partial charge in [0.1, 0.15) is 6.10 Å². The molecular formula is C32H37N5O4S. The lowest BCUT2D eigenvalue weighted by atomic mass is 9.82. The van der Waals surface area contributed by atoms with E-state index in [9.17, 15) is 13.2 Å². The summed E-state index contributed by atoms with van der Waals surface area (Å²) in [5.74, 6) is -0.113. The molecule has 2 saturated carbocycles. The quantitative estimate of drug-likeness (QED) is 0.441. The lowest BCUT2D eigenvalue weighted by Crippen LogP contribution is -2.59. The Kier molecular flexibility index (Phi) is 6.73. The molecule has 0 radical (unpaired) electrons. The number of likely N-dealkylation sites (tertiary alicyclic amines) is 1. The smallest absolute Gasteiger partial charge is 0.264 e. The van der Waals surface area contributed by atoms with Gasteiger partial charge >= 0.3 is 0 Å². The van der Waals surface area contributed by atoms with Crippen LogP contribution in [-0.4, -0.2) is 60.5 Å². The normalized spacial score (nSPS) is 25.0. The van der Waals surface area contributed by atoms with Gasteiger partial charge < -0.3 is 10.1 Å². The van der Waals surface area contributed by atoms with Crippen LogP contribution in [0.25, 0.3) is 11.3 Å². The number of carbonyl (C=O) groups excluding carboxylic acids is 1. The number of rotatable bonds is 2. The maximum Gasteiger partial charge on any atom is 0.264 e. The van der Waals surface area contributed by atoms with Gasteiger partial charge in [-0.1, -0.05) is 24.3 Å². The standard InChI is InChI=1S/C32H37N5O4S/c1-20-5-3-6-21(2)29(20)25-18-28-35-31(34-25)36-42(39,40)24-8-4-7-22(17-24)30(38)33-26-19-37(16-11-27(26)41-28)23-9-12-32(13-10-23)14-15-32/h3-8,17-18,23,26-27H,9-16,19H2,1-2H3,(H,33,38)(H,34,35,36)/t26-,27-/m1/s1. The van der Waals surface area contributed by atoms with Crippen molar-refractivity contribution in [2.75, 3.05) is 17.8 Å². The summed E-state index contributed by atoms with van der Waals surface area (Å²) in [7, 11) is -4.07. The number of amides is 1. The van der Waals surface area contributed by atoms with E-state index in [1.165, 1.54) is 50.7 Å². The van der Waals surface area contributed by atoms with Crippen LogP contribution in [0, 0.1) is 19.3 Å². The Hall–Kier alpha value is -3.50. The number of hydrogen-bond donors (Lipinski definition) is 2. The Labute approximate surface area is 247 Å². The highest BCUT2D eigenvalue weighted by Gasteiger charge is 2.46. The van der Waals surface area contributed by atoms with Crippen LogP contribution in [-0.2, 0) is 10.0 Å². The van der Waals surface area contributed by atoms with Gasteiger partial charge in [-0.05, 0) is 93.5 Å². The maximum absolute atomic E-state index is 13.5. The first-order valence-corrected chi connectivity index (χ1v) is 16.5. The van der Waals surface area contributed by atoms with Crippen molar-refractivity contribution in [1.82, 2.24) is 20.2 Å². The zero-order valence-corrected chi connectivity index (χ0v) is 24.9. The summed E-state index contributed by atoms with van der Waals surface area (Å²) >= 11 is 0. The fraction of sp³-hybridized carbons (Fsp3) is 0.469. The zero-order valence-electron chi connectivity index (χ0n) is 24.1. The SMILES string of the molecule is Cc1cccc(C)c1-c1cc2nc(n1)NS(=O)(=O)c1cccc(c1)C(=O)N[C@@H]1CN(C3CCC4(CC3)CC4)CC[C@H]1O2. The first-order chi connectivity index (χ1) is 20.2. The molecule has 4 aliphatic rings. The van der Waals surface area contributed by atoms with Gasteiger partial charge in [0, 0.05) is 36.3 Å². The molecule has 1 aromatic heterocycles. The number of aryl methyl sites for hydroxylation is 2. The molecule has 3 heterocycles. The number of ether oxygens (including phenoxy) is 1. The lowest BCUT2D eigenvalue weighted by Gasteiger charge is -2.44. The Morgan fingerprint density at radius 2 is 1.69 bits per heavy atom. The number of nitrogens with zero attached hydrogens (tertiary/aromatic N) is 3. The minimum atomic E-state index is -4.07. The van der Waals surface area contributed by atoms with Gasteiger partial charge in [-0.2, -0.15) is 4.98 Å². The molecule has 2 N–H and O–H groups in total. The van der Waals surface area contributed by atoms with Crippen molar-refractivity contribution in [2.45, 2.75) is 81.9 Å². The number of carbonyl (C=O) groups is 1. The molecule has 4 bridgehead atoms. The monoisotopic (exact) mass is 587 g/mol. The third-order valence-corrected chi connectivity index (χ3v) is 11.1. The number of anilines is 1. The molecular weight excluding hydrogens is 550 g/mol. The number of aromatic nitrogens is 2. The van der Waals surface area contributed by atoms with E-state index in [0.717, 1.165) is 29.7 Å². The largest absolute Gasteiger partial charge is 0.472 e. The predicted octanol–water partition coefficient (Wildman–Crippen LogP) is 4.85. The molecule has 3 fully saturated rings. The maximum atomic E-state index is 13.5. The number of fused-ring (bicyclic) bond motifs is 5. The van der Waals surface area contributed by atoms with Crippen LogP contribution in [0.1, 0.15) is 66.4 Å². The van der Waals surface area contributed by atoms with E-state index >= 15 is 0 Å². The van der Waals surface area contributed by atoms with Gasteiger partial charge in [-0.3, -0.25) is 9.69 Å². The molecule has 2 aliphatic heterocycles. The lowest BCUT2D eigenvalue weighted by molar-refractivity contribution is 0.0257. The molecule has 2 atom stereocenters. The van der Waals surface area contributed by atoms with Gasteiger partial charge in [0.25, 0.3) is 15.9 Å². The van der Waals surface area contributed by atoms with Gasteiger partial charge in [-0.15, -0.1) is 0 Å². The van der Waals surface area contributed by atoms with Crippen molar-refractivity contribution >= 4 is 21.9 Å². The van der Waals surface area contributed by atoms with Crippen LogP contribution in [0.4, 0.5) is 5.95 Å². The fourth-order valence-corrected chi connectivity index (χ4v) is 8.08. The molecule has 42 heavy (non-hydrogen) atoms. The van der Waals surface area contributed by atoms with Crippen molar-refractivity contribution in [2.24, 2.45) is 5.41 Å². The van der Waals surface area contributed by atoms with E-state index in [0.29, 0.717) is 23.7 Å². The van der Waals surface area contributed by atoms with E-state index in [1.54, 1.807) is 18.2 Å². The summed E-state index contributed by atoms with van der Waals surface area (Å²) in [5, 5.41) is 3.20. The summed E-state index contributed by atoms with van der Waals surface area (Å²) < 4.78 is 35.9. The Morgan fingerprint density at radius 1 is 0.952 bits per heavy atom. The minimum Gasteiger partial charge on any atom is -0.472 e. The van der Waals surface area contributed by atoms with Crippen molar-refractivity contribution in [3.63, 3.8) is 0 Å². The molecule has 2 aromatic carbocycles. The molecule has 1 saturated heterocycles. The molecule has 9 nitrogen and oxygen atoms in total. The minimum absolute atomic E-state index is 0.0315. The summed E-state index contributed by atoms with van der Waals surface area (Å²) in [6.45, 7) is 5.55. The fourth-order valence-electron chi connectivity index (χ4n) is 7.09. The third kappa shape index (κ3) is 5.26. The van der Waals surface area contributed by atoms with Crippen molar-refractivity contribution in [1.29, 1.82) is 0 Å². The molecule has 1 amide bonds. The Balaban J connectivity index is 1.27. The van der Waals surface area contributed by atoms with Crippen molar-refractivity contribution in [3.8, 4) is 17.1 Å². The van der Waals surface area contributed by atoms with E-state index in [-0.39, 0.29) is 40.3 Å². The molecule has 7 rings (SSSR count). The van der Waals surface area contributed by atoms with Gasteiger partial charge in [0.15, 0.2) is 0 Å². The second-order valence-electron chi connectivity index (χ2n) is 12.6. The average molecular weight is 588 g/mol. The molecule has 220 valence electrons. The summed E-state index contributed by atoms with van der Waals surface area (Å²) in [4.78, 5) is 25.1. The molecule has 2 aliphatic carbocycles. The van der Waals surface area contributed by atoms with E-state index in [4.69, 9.17) is 4.74 Å². The van der Waals surface area contributed by atoms with Gasteiger partial charge in [0.05, 0.1) is 16.6 Å². The molecule has 0 unspecified atom stereocenters. The number of hydrogen-bond acceptors (Lipinski definition) is 7. The summed E-state index contributed by atoms with van der Waals surface area (Å²) in [6, 6.07) is 14.1. The average Bonchev–Trinajstić information content (AvgIpc) is 3.72. The molecule has 3 aromatic rings. The van der Waals surface area contributed by atoms with Crippen LogP contribution < -0.4 is 14.8 Å². The first kappa shape index (κ1) is 27.3. The number of sulfonamides is 1. The highest BCUT2D eigenvalue weighted by Crippen LogP contribution is 2.56. The highest BCUT2D eigenvalue weighted by molar-refractivity contribution is 7.92. The third-order valence-electron chi connectivity index (χ3n) is 9.73. The van der Waals surface area contributed by atoms with E-state index in [1.807, 2.05) is 32.0 Å². The number of benzene rings is 2. The second-order valence-corrected chi connectivity index (χ2v) is 14.2. The molecule has 1 spiro atoms. The van der Waals surface area contributed by atoms with Crippen molar-refractivity contribution in [3.05, 3.63) is 65.2 Å². The van der Waals surface area contributed by atoms with Crippen LogP contribution in [0.5, 0.6) is 5.88 Å². The molecule has 10 heteroatoms. The van der Waals surface area contributed by atoms with Gasteiger partial charge in [0.2, 0.25) is 11.8 Å². The van der Waals surface area contributed by atoms with E-state index < -0.39 is 10.0 Å². The van der Waals surface area contributed by atoms with Crippen molar-refractivity contribution < 1.29 is 17.9 Å². The topological polar surface area (TPSA) is 114 Å². The number of piperidine rings is 1. The second kappa shape index (κ2) is 10.3. The van der Waals surface area contributed by atoms with Crippen LogP contribution >= 0.6 is 0 Å². The van der Waals surface area contributed by atoms with E-state index in [2.05, 4.69) is 24.9 Å².